The average Bonchev–Trinajstić information content (AvgIpc) is 3.02. The number of fused-ring (bicyclic) bond motifs is 1. The van der Waals surface area contributed by atoms with Gasteiger partial charge in [0.05, 0.1) is 23.9 Å². The molecule has 0 bridgehead atoms. The summed E-state index contributed by atoms with van der Waals surface area (Å²) in [6.45, 7) is 9.95. The first-order valence-electron chi connectivity index (χ1n) is 10.0. The minimum Gasteiger partial charge on any atom is -0.494 e. The summed E-state index contributed by atoms with van der Waals surface area (Å²) >= 11 is 0. The topological polar surface area (TPSA) is 68.5 Å². The van der Waals surface area contributed by atoms with Crippen LogP contribution in [0.15, 0.2) is 47.6 Å². The molecule has 0 aliphatic heterocycles. The zero-order valence-corrected chi connectivity index (χ0v) is 17.5. The summed E-state index contributed by atoms with van der Waals surface area (Å²) in [5.41, 5.74) is 5.83. The smallest absolute Gasteiger partial charge is 0.271 e. The van der Waals surface area contributed by atoms with Crippen LogP contribution in [0.25, 0.3) is 11.0 Å². The maximum absolute atomic E-state index is 12.4. The van der Waals surface area contributed by atoms with Gasteiger partial charge in [-0.25, -0.2) is 10.4 Å². The minimum absolute atomic E-state index is 0.263. The van der Waals surface area contributed by atoms with Gasteiger partial charge in [-0.05, 0) is 74.2 Å². The van der Waals surface area contributed by atoms with Crippen LogP contribution < -0.4 is 10.2 Å². The van der Waals surface area contributed by atoms with E-state index in [2.05, 4.69) is 40.8 Å². The third-order valence-corrected chi connectivity index (χ3v) is 4.74. The van der Waals surface area contributed by atoms with Gasteiger partial charge in [0.15, 0.2) is 0 Å². The van der Waals surface area contributed by atoms with E-state index in [1.807, 2.05) is 37.3 Å². The Kier molecular flexibility index (Phi) is 6.65. The van der Waals surface area contributed by atoms with E-state index in [-0.39, 0.29) is 5.91 Å². The third-order valence-electron chi connectivity index (χ3n) is 4.74. The maximum Gasteiger partial charge on any atom is 0.271 e. The molecular formula is C23H28N4O2. The normalized spacial score (nSPS) is 11.5. The summed E-state index contributed by atoms with van der Waals surface area (Å²) in [6.07, 6.45) is 2.64. The molecule has 1 heterocycles. The molecule has 3 aromatic rings. The molecule has 1 amide bonds. The Hall–Kier alpha value is -3.15. The molecule has 0 atom stereocenters. The van der Waals surface area contributed by atoms with E-state index in [0.717, 1.165) is 41.1 Å². The van der Waals surface area contributed by atoms with E-state index in [1.165, 1.54) is 0 Å². The van der Waals surface area contributed by atoms with Crippen LogP contribution in [0, 0.1) is 12.8 Å². The van der Waals surface area contributed by atoms with Crippen molar-refractivity contribution >= 4 is 23.2 Å². The highest BCUT2D eigenvalue weighted by Gasteiger charge is 2.10. The zero-order chi connectivity index (χ0) is 20.8. The number of carbonyl (C=O) groups is 1. The van der Waals surface area contributed by atoms with Crippen LogP contribution in [0.5, 0.6) is 5.75 Å². The molecule has 6 heteroatoms. The second-order valence-corrected chi connectivity index (χ2v) is 7.41. The summed E-state index contributed by atoms with van der Waals surface area (Å²) < 4.78 is 7.82. The van der Waals surface area contributed by atoms with Gasteiger partial charge in [0.2, 0.25) is 0 Å². The average molecular weight is 393 g/mol. The number of imidazole rings is 1. The van der Waals surface area contributed by atoms with Crippen molar-refractivity contribution in [3.63, 3.8) is 0 Å². The lowest BCUT2D eigenvalue weighted by molar-refractivity contribution is 0.0955. The summed E-state index contributed by atoms with van der Waals surface area (Å²) in [5.74, 6) is 2.13. The highest BCUT2D eigenvalue weighted by molar-refractivity contribution is 5.97. The van der Waals surface area contributed by atoms with E-state index in [4.69, 9.17) is 4.74 Å². The quantitative estimate of drug-likeness (QED) is 0.451. The number of hydrogen-bond donors (Lipinski definition) is 1. The van der Waals surface area contributed by atoms with E-state index < -0.39 is 0 Å². The van der Waals surface area contributed by atoms with Gasteiger partial charge in [-0.3, -0.25) is 4.79 Å². The highest BCUT2D eigenvalue weighted by atomic mass is 16.5. The predicted molar refractivity (Wildman–Crippen MR) is 117 cm³/mol. The van der Waals surface area contributed by atoms with Crippen molar-refractivity contribution in [2.45, 2.75) is 40.7 Å². The molecule has 0 unspecified atom stereocenters. The Morgan fingerprint density at radius 1 is 1.24 bits per heavy atom. The highest BCUT2D eigenvalue weighted by Crippen LogP contribution is 2.18. The molecule has 0 saturated heterocycles. The number of rotatable bonds is 8. The molecule has 0 fully saturated rings. The van der Waals surface area contributed by atoms with Gasteiger partial charge in [-0.15, -0.1) is 0 Å². The Bertz CT molecular complexity index is 1000. The van der Waals surface area contributed by atoms with Crippen LogP contribution in [0.1, 0.15) is 48.9 Å². The molecular weight excluding hydrogens is 364 g/mol. The molecule has 1 aromatic heterocycles. The van der Waals surface area contributed by atoms with Gasteiger partial charge in [-0.1, -0.05) is 13.8 Å². The van der Waals surface area contributed by atoms with Crippen LogP contribution in [0.4, 0.5) is 0 Å². The van der Waals surface area contributed by atoms with Crippen molar-refractivity contribution in [2.24, 2.45) is 11.0 Å². The van der Waals surface area contributed by atoms with Crippen LogP contribution in [0.2, 0.25) is 0 Å². The number of nitrogens with zero attached hydrogens (tertiary/aromatic N) is 3. The molecule has 0 spiro atoms. The molecule has 2 aromatic carbocycles. The second kappa shape index (κ2) is 9.37. The molecule has 6 nitrogen and oxygen atoms in total. The largest absolute Gasteiger partial charge is 0.494 e. The summed E-state index contributed by atoms with van der Waals surface area (Å²) in [6, 6.07) is 13.1. The van der Waals surface area contributed by atoms with E-state index >= 15 is 0 Å². The number of ether oxygens (including phenoxy) is 1. The lowest BCUT2D eigenvalue weighted by atomic mass is 10.1. The van der Waals surface area contributed by atoms with E-state index in [9.17, 15) is 4.79 Å². The van der Waals surface area contributed by atoms with Crippen molar-refractivity contribution in [2.75, 3.05) is 6.61 Å². The number of amides is 1. The van der Waals surface area contributed by atoms with Crippen molar-refractivity contribution < 1.29 is 9.53 Å². The SMILES string of the molecule is CCn1c(C)nc2cc(C(=O)NN=Cc3ccc(OCCC(C)C)cc3)ccc21. The van der Waals surface area contributed by atoms with Gasteiger partial charge in [0.25, 0.3) is 5.91 Å². The zero-order valence-electron chi connectivity index (χ0n) is 17.5. The van der Waals surface area contributed by atoms with Gasteiger partial charge in [0, 0.05) is 12.1 Å². The minimum atomic E-state index is -0.263. The van der Waals surface area contributed by atoms with Gasteiger partial charge < -0.3 is 9.30 Å². The number of benzene rings is 2. The molecule has 0 aliphatic carbocycles. The monoisotopic (exact) mass is 392 g/mol. The van der Waals surface area contributed by atoms with Crippen LogP contribution in [-0.2, 0) is 6.54 Å². The molecule has 152 valence electrons. The molecule has 0 saturated carbocycles. The first-order valence-corrected chi connectivity index (χ1v) is 10.0. The first kappa shape index (κ1) is 20.6. The summed E-state index contributed by atoms with van der Waals surface area (Å²) in [5, 5.41) is 4.06. The number of carbonyl (C=O) groups excluding carboxylic acids is 1. The summed E-state index contributed by atoms with van der Waals surface area (Å²) in [7, 11) is 0. The Morgan fingerprint density at radius 2 is 2.00 bits per heavy atom. The number of aromatic nitrogens is 2. The van der Waals surface area contributed by atoms with Gasteiger partial charge >= 0.3 is 0 Å². The number of hydrogen-bond acceptors (Lipinski definition) is 4. The van der Waals surface area contributed by atoms with Crippen LogP contribution in [-0.4, -0.2) is 28.3 Å². The molecule has 3 rings (SSSR count). The molecule has 1 N–H and O–H groups in total. The van der Waals surface area contributed by atoms with Crippen LogP contribution >= 0.6 is 0 Å². The Balaban J connectivity index is 1.58. The van der Waals surface area contributed by atoms with E-state index in [1.54, 1.807) is 18.3 Å². The number of aryl methyl sites for hydroxylation is 2. The standard InChI is InChI=1S/C23H28N4O2/c1-5-27-17(4)25-21-14-19(8-11-22(21)27)23(28)26-24-15-18-6-9-20(10-7-18)29-13-12-16(2)3/h6-11,14-16H,5,12-13H2,1-4H3,(H,26,28). The fourth-order valence-corrected chi connectivity index (χ4v) is 3.08. The fraction of sp³-hybridized carbons (Fsp3) is 0.348. The Labute approximate surface area is 171 Å². The molecule has 29 heavy (non-hydrogen) atoms. The fourth-order valence-electron chi connectivity index (χ4n) is 3.08. The molecule has 0 aliphatic rings. The lowest BCUT2D eigenvalue weighted by Gasteiger charge is -2.07. The summed E-state index contributed by atoms with van der Waals surface area (Å²) in [4.78, 5) is 16.9. The van der Waals surface area contributed by atoms with Crippen molar-refractivity contribution in [1.82, 2.24) is 15.0 Å². The van der Waals surface area contributed by atoms with Crippen molar-refractivity contribution in [3.05, 3.63) is 59.4 Å². The number of nitrogens with one attached hydrogen (secondary N) is 1. The number of hydrazone groups is 1. The Morgan fingerprint density at radius 3 is 2.69 bits per heavy atom. The predicted octanol–water partition coefficient (Wildman–Crippen LogP) is 4.55. The van der Waals surface area contributed by atoms with Crippen molar-refractivity contribution in [3.8, 4) is 5.75 Å². The van der Waals surface area contributed by atoms with Gasteiger partial charge in [0.1, 0.15) is 11.6 Å². The van der Waals surface area contributed by atoms with E-state index in [0.29, 0.717) is 18.1 Å². The second-order valence-electron chi connectivity index (χ2n) is 7.41. The van der Waals surface area contributed by atoms with Crippen molar-refractivity contribution in [1.29, 1.82) is 0 Å². The van der Waals surface area contributed by atoms with Crippen LogP contribution in [0.3, 0.4) is 0 Å². The van der Waals surface area contributed by atoms with Gasteiger partial charge in [-0.2, -0.15) is 5.10 Å². The maximum atomic E-state index is 12.4. The lowest BCUT2D eigenvalue weighted by Crippen LogP contribution is -2.17. The molecule has 0 radical (unpaired) electrons. The third kappa shape index (κ3) is 5.22. The first-order chi connectivity index (χ1) is 14.0.